The highest BCUT2D eigenvalue weighted by Gasteiger charge is 2.27. The van der Waals surface area contributed by atoms with Crippen LogP contribution in [0.15, 0.2) is 18.5 Å². The van der Waals surface area contributed by atoms with Gasteiger partial charge >= 0.3 is 0 Å². The first-order valence-corrected chi connectivity index (χ1v) is 9.13. The predicted molar refractivity (Wildman–Crippen MR) is 96.2 cm³/mol. The molecule has 1 aliphatic heterocycles. The number of rotatable bonds is 7. The van der Waals surface area contributed by atoms with Crippen LogP contribution in [0, 0.1) is 5.92 Å². The zero-order valence-corrected chi connectivity index (χ0v) is 14.8. The minimum atomic E-state index is 0.0607. The van der Waals surface area contributed by atoms with E-state index in [1.165, 1.54) is 0 Å². The van der Waals surface area contributed by atoms with Gasteiger partial charge in [0.1, 0.15) is 12.1 Å². The minimum absolute atomic E-state index is 0.0607. The Hall–Kier alpha value is -2.22. The van der Waals surface area contributed by atoms with E-state index in [2.05, 4.69) is 32.4 Å². The van der Waals surface area contributed by atoms with E-state index in [0.29, 0.717) is 6.54 Å². The second kappa shape index (κ2) is 8.24. The molecule has 2 aromatic heterocycles. The number of nitrogens with one attached hydrogen (secondary N) is 1. The molecule has 136 valence electrons. The van der Waals surface area contributed by atoms with Gasteiger partial charge in [-0.2, -0.15) is 4.52 Å². The van der Waals surface area contributed by atoms with E-state index in [-0.39, 0.29) is 17.9 Å². The summed E-state index contributed by atoms with van der Waals surface area (Å²) in [5.74, 6) is 1.10. The number of nitrogens with two attached hydrogens (primary N) is 1. The van der Waals surface area contributed by atoms with Crippen molar-refractivity contribution < 1.29 is 4.79 Å². The SMILES string of the molecule is CCCCC(CN)NC(=O)C1CCN(c2ccc3nncn3n2)CC1. The first kappa shape index (κ1) is 17.6. The third-order valence-corrected chi connectivity index (χ3v) is 4.87. The molecule has 1 amide bonds. The summed E-state index contributed by atoms with van der Waals surface area (Å²) in [5.41, 5.74) is 6.52. The number of fused-ring (bicyclic) bond motifs is 1. The van der Waals surface area contributed by atoms with Crippen LogP contribution >= 0.6 is 0 Å². The van der Waals surface area contributed by atoms with Gasteiger partial charge in [-0.1, -0.05) is 19.8 Å². The summed E-state index contributed by atoms with van der Waals surface area (Å²) < 4.78 is 1.67. The molecule has 3 heterocycles. The van der Waals surface area contributed by atoms with E-state index >= 15 is 0 Å². The van der Waals surface area contributed by atoms with Crippen LogP contribution in [0.2, 0.25) is 0 Å². The Morgan fingerprint density at radius 2 is 2.20 bits per heavy atom. The average Bonchev–Trinajstić information content (AvgIpc) is 3.12. The monoisotopic (exact) mass is 345 g/mol. The lowest BCUT2D eigenvalue weighted by Crippen LogP contribution is -2.46. The lowest BCUT2D eigenvalue weighted by Gasteiger charge is -2.32. The van der Waals surface area contributed by atoms with E-state index in [1.54, 1.807) is 10.8 Å². The zero-order valence-electron chi connectivity index (χ0n) is 14.8. The van der Waals surface area contributed by atoms with Crippen molar-refractivity contribution in [2.24, 2.45) is 11.7 Å². The van der Waals surface area contributed by atoms with Crippen LogP contribution in [-0.4, -0.2) is 51.4 Å². The molecule has 8 heteroatoms. The number of piperidine rings is 1. The normalized spacial score (nSPS) is 17.0. The largest absolute Gasteiger partial charge is 0.355 e. The van der Waals surface area contributed by atoms with Gasteiger partial charge in [0, 0.05) is 31.6 Å². The van der Waals surface area contributed by atoms with Crippen LogP contribution in [0.4, 0.5) is 5.82 Å². The smallest absolute Gasteiger partial charge is 0.223 e. The van der Waals surface area contributed by atoms with Gasteiger partial charge in [-0.3, -0.25) is 4.79 Å². The number of carbonyl (C=O) groups is 1. The molecular formula is C17H27N7O. The fraction of sp³-hybridized carbons (Fsp3) is 0.647. The summed E-state index contributed by atoms with van der Waals surface area (Å²) in [4.78, 5) is 14.7. The Morgan fingerprint density at radius 1 is 1.40 bits per heavy atom. The van der Waals surface area contributed by atoms with Crippen molar-refractivity contribution >= 4 is 17.4 Å². The van der Waals surface area contributed by atoms with Crippen molar-refractivity contribution in [2.75, 3.05) is 24.5 Å². The van der Waals surface area contributed by atoms with Crippen LogP contribution in [0.5, 0.6) is 0 Å². The van der Waals surface area contributed by atoms with Gasteiger partial charge < -0.3 is 16.0 Å². The number of hydrogen-bond acceptors (Lipinski definition) is 6. The van der Waals surface area contributed by atoms with Crippen LogP contribution in [-0.2, 0) is 4.79 Å². The van der Waals surface area contributed by atoms with Gasteiger partial charge in [0.05, 0.1) is 0 Å². The van der Waals surface area contributed by atoms with Crippen LogP contribution in [0.3, 0.4) is 0 Å². The first-order valence-electron chi connectivity index (χ1n) is 9.13. The quantitative estimate of drug-likeness (QED) is 0.775. The lowest BCUT2D eigenvalue weighted by atomic mass is 9.95. The van der Waals surface area contributed by atoms with Gasteiger partial charge in [-0.15, -0.1) is 15.3 Å². The summed E-state index contributed by atoms with van der Waals surface area (Å²) in [5, 5.41) is 15.5. The van der Waals surface area contributed by atoms with Crippen molar-refractivity contribution in [3.8, 4) is 0 Å². The van der Waals surface area contributed by atoms with Gasteiger partial charge in [0.2, 0.25) is 5.91 Å². The number of anilines is 1. The number of aromatic nitrogens is 4. The molecule has 1 aliphatic rings. The molecule has 0 saturated carbocycles. The molecular weight excluding hydrogens is 318 g/mol. The Morgan fingerprint density at radius 3 is 2.92 bits per heavy atom. The third kappa shape index (κ3) is 4.25. The highest BCUT2D eigenvalue weighted by atomic mass is 16.2. The number of hydrogen-bond donors (Lipinski definition) is 2. The summed E-state index contributed by atoms with van der Waals surface area (Å²) >= 11 is 0. The fourth-order valence-corrected chi connectivity index (χ4v) is 3.28. The van der Waals surface area contributed by atoms with E-state index in [1.807, 2.05) is 12.1 Å². The molecule has 0 bridgehead atoms. The second-order valence-corrected chi connectivity index (χ2v) is 6.67. The van der Waals surface area contributed by atoms with Crippen molar-refractivity contribution in [2.45, 2.75) is 45.1 Å². The third-order valence-electron chi connectivity index (χ3n) is 4.87. The molecule has 25 heavy (non-hydrogen) atoms. The topological polar surface area (TPSA) is 101 Å². The summed E-state index contributed by atoms with van der Waals surface area (Å²) in [6.07, 6.45) is 6.44. The van der Waals surface area contributed by atoms with Crippen molar-refractivity contribution in [3.05, 3.63) is 18.5 Å². The number of amides is 1. The minimum Gasteiger partial charge on any atom is -0.355 e. The molecule has 8 nitrogen and oxygen atoms in total. The Labute approximate surface area is 147 Å². The maximum absolute atomic E-state index is 12.5. The Kier molecular flexibility index (Phi) is 5.80. The van der Waals surface area contributed by atoms with Gasteiger partial charge in [0.15, 0.2) is 5.65 Å². The number of unbranched alkanes of at least 4 members (excludes halogenated alkanes) is 1. The molecule has 0 aliphatic carbocycles. The highest BCUT2D eigenvalue weighted by Crippen LogP contribution is 2.22. The lowest BCUT2D eigenvalue weighted by molar-refractivity contribution is -0.126. The molecule has 1 saturated heterocycles. The Bertz CT molecular complexity index is 693. The van der Waals surface area contributed by atoms with Crippen molar-refractivity contribution in [1.82, 2.24) is 25.1 Å². The van der Waals surface area contributed by atoms with Crippen LogP contribution in [0.1, 0.15) is 39.0 Å². The molecule has 0 radical (unpaired) electrons. The van der Waals surface area contributed by atoms with E-state index in [9.17, 15) is 4.79 Å². The summed E-state index contributed by atoms with van der Waals surface area (Å²) in [6, 6.07) is 3.97. The van der Waals surface area contributed by atoms with Crippen LogP contribution < -0.4 is 16.0 Å². The predicted octanol–water partition coefficient (Wildman–Crippen LogP) is 0.974. The molecule has 2 aromatic rings. The standard InChI is InChI=1S/C17H27N7O/c1-2-3-4-14(11-18)20-17(25)13-7-9-23(10-8-13)16-6-5-15-21-19-12-24(15)22-16/h5-6,12-14H,2-4,7-11,18H2,1H3,(H,20,25). The van der Waals surface area contributed by atoms with Crippen molar-refractivity contribution in [3.63, 3.8) is 0 Å². The second-order valence-electron chi connectivity index (χ2n) is 6.67. The summed E-state index contributed by atoms with van der Waals surface area (Å²) in [7, 11) is 0. The molecule has 3 N–H and O–H groups in total. The van der Waals surface area contributed by atoms with Gasteiger partial charge in [-0.25, -0.2) is 0 Å². The molecule has 0 aromatic carbocycles. The molecule has 0 spiro atoms. The van der Waals surface area contributed by atoms with Crippen molar-refractivity contribution in [1.29, 1.82) is 0 Å². The molecule has 1 unspecified atom stereocenters. The fourth-order valence-electron chi connectivity index (χ4n) is 3.28. The number of carbonyl (C=O) groups excluding carboxylic acids is 1. The molecule has 1 atom stereocenters. The van der Waals surface area contributed by atoms with Crippen LogP contribution in [0.25, 0.3) is 5.65 Å². The first-order chi connectivity index (χ1) is 12.2. The molecule has 1 fully saturated rings. The maximum atomic E-state index is 12.5. The van der Waals surface area contributed by atoms with Gasteiger partial charge in [-0.05, 0) is 31.4 Å². The van der Waals surface area contributed by atoms with E-state index in [4.69, 9.17) is 5.73 Å². The highest BCUT2D eigenvalue weighted by molar-refractivity contribution is 5.79. The Balaban J connectivity index is 1.53. The number of nitrogens with zero attached hydrogens (tertiary/aromatic N) is 5. The zero-order chi connectivity index (χ0) is 17.6. The van der Waals surface area contributed by atoms with Gasteiger partial charge in [0.25, 0.3) is 0 Å². The summed E-state index contributed by atoms with van der Waals surface area (Å²) in [6.45, 7) is 4.30. The average molecular weight is 345 g/mol. The van der Waals surface area contributed by atoms with E-state index in [0.717, 1.165) is 56.7 Å². The maximum Gasteiger partial charge on any atom is 0.223 e. The molecule has 3 rings (SSSR count). The van der Waals surface area contributed by atoms with E-state index < -0.39 is 0 Å².